The molecule has 0 spiro atoms. The number of urea groups is 1. The van der Waals surface area contributed by atoms with Gasteiger partial charge in [-0.05, 0) is 23.6 Å². The molecule has 1 saturated heterocycles. The van der Waals surface area contributed by atoms with Crippen LogP contribution in [0.25, 0.3) is 10.9 Å². The Morgan fingerprint density at radius 3 is 2.80 bits per heavy atom. The fourth-order valence-electron chi connectivity index (χ4n) is 2.35. The van der Waals surface area contributed by atoms with Crippen LogP contribution >= 0.6 is 0 Å². The third-order valence-electron chi connectivity index (χ3n) is 3.54. The predicted octanol–water partition coefficient (Wildman–Crippen LogP) is 2.13. The van der Waals surface area contributed by atoms with Crippen LogP contribution in [0.15, 0.2) is 18.2 Å². The van der Waals surface area contributed by atoms with Gasteiger partial charge in [-0.2, -0.15) is 5.10 Å². The van der Waals surface area contributed by atoms with E-state index in [0.29, 0.717) is 24.7 Å². The zero-order chi connectivity index (χ0) is 14.3. The lowest BCUT2D eigenvalue weighted by Gasteiger charge is -2.24. The standard InChI is InChI=1S/C14H16N4O2/c1-8(2)9-3-4-10-11(7-9)16-17-13(10)18-6-5-12(19)15-14(18)20/h3-4,7-8H,5-6H2,1-2H3,(H,16,17)(H,15,19,20). The van der Waals surface area contributed by atoms with E-state index in [-0.39, 0.29) is 5.91 Å². The number of hydrogen-bond acceptors (Lipinski definition) is 3. The zero-order valence-corrected chi connectivity index (χ0v) is 11.4. The Labute approximate surface area is 116 Å². The van der Waals surface area contributed by atoms with E-state index in [1.807, 2.05) is 18.2 Å². The molecule has 0 bridgehead atoms. The van der Waals surface area contributed by atoms with Gasteiger partial charge in [0.2, 0.25) is 5.91 Å². The first-order valence-electron chi connectivity index (χ1n) is 6.65. The lowest BCUT2D eigenvalue weighted by atomic mass is 10.0. The van der Waals surface area contributed by atoms with E-state index in [9.17, 15) is 9.59 Å². The maximum absolute atomic E-state index is 11.9. The van der Waals surface area contributed by atoms with Gasteiger partial charge in [-0.1, -0.05) is 19.9 Å². The number of nitrogens with zero attached hydrogens (tertiary/aromatic N) is 2. The summed E-state index contributed by atoms with van der Waals surface area (Å²) in [6, 6.07) is 5.64. The third kappa shape index (κ3) is 2.03. The van der Waals surface area contributed by atoms with E-state index >= 15 is 0 Å². The van der Waals surface area contributed by atoms with Gasteiger partial charge < -0.3 is 0 Å². The van der Waals surface area contributed by atoms with Crippen molar-refractivity contribution in [3.8, 4) is 0 Å². The Balaban J connectivity index is 2.00. The van der Waals surface area contributed by atoms with Crippen LogP contribution in [0.5, 0.6) is 0 Å². The van der Waals surface area contributed by atoms with Crippen LogP contribution in [-0.2, 0) is 4.79 Å². The van der Waals surface area contributed by atoms with E-state index in [1.54, 1.807) is 0 Å². The molecule has 3 amide bonds. The molecule has 1 aromatic carbocycles. The molecule has 2 aromatic rings. The quantitative estimate of drug-likeness (QED) is 0.879. The summed E-state index contributed by atoms with van der Waals surface area (Å²) < 4.78 is 0. The molecule has 2 N–H and O–H groups in total. The van der Waals surface area contributed by atoms with Crippen LogP contribution in [0.2, 0.25) is 0 Å². The molecule has 2 heterocycles. The Kier molecular flexibility index (Phi) is 2.93. The molecule has 104 valence electrons. The highest BCUT2D eigenvalue weighted by molar-refractivity contribution is 6.08. The van der Waals surface area contributed by atoms with Crippen LogP contribution in [0.4, 0.5) is 10.6 Å². The fraction of sp³-hybridized carbons (Fsp3) is 0.357. The number of carbonyl (C=O) groups excluding carboxylic acids is 2. The van der Waals surface area contributed by atoms with Crippen LogP contribution < -0.4 is 10.2 Å². The lowest BCUT2D eigenvalue weighted by Crippen LogP contribution is -2.49. The van der Waals surface area contributed by atoms with Crippen molar-refractivity contribution in [2.24, 2.45) is 0 Å². The molecule has 0 radical (unpaired) electrons. The van der Waals surface area contributed by atoms with Gasteiger partial charge >= 0.3 is 6.03 Å². The molecule has 20 heavy (non-hydrogen) atoms. The molecule has 0 saturated carbocycles. The predicted molar refractivity (Wildman–Crippen MR) is 75.7 cm³/mol. The van der Waals surface area contributed by atoms with Crippen molar-refractivity contribution >= 4 is 28.7 Å². The summed E-state index contributed by atoms with van der Waals surface area (Å²) in [5.41, 5.74) is 2.11. The summed E-state index contributed by atoms with van der Waals surface area (Å²) >= 11 is 0. The molecule has 0 aliphatic carbocycles. The van der Waals surface area contributed by atoms with Crippen LogP contribution in [0.1, 0.15) is 31.7 Å². The highest BCUT2D eigenvalue weighted by atomic mass is 16.2. The molecule has 0 unspecified atom stereocenters. The van der Waals surface area contributed by atoms with Crippen LogP contribution in [0.3, 0.4) is 0 Å². The number of imide groups is 1. The number of nitrogens with one attached hydrogen (secondary N) is 2. The van der Waals surface area contributed by atoms with E-state index in [4.69, 9.17) is 0 Å². The Hall–Kier alpha value is -2.37. The number of anilines is 1. The van der Waals surface area contributed by atoms with Gasteiger partial charge in [0.25, 0.3) is 0 Å². The third-order valence-corrected chi connectivity index (χ3v) is 3.54. The molecular formula is C14H16N4O2. The van der Waals surface area contributed by atoms with E-state index in [0.717, 1.165) is 10.9 Å². The number of aromatic amines is 1. The van der Waals surface area contributed by atoms with Crippen molar-refractivity contribution in [3.05, 3.63) is 23.8 Å². The number of fused-ring (bicyclic) bond motifs is 1. The average molecular weight is 272 g/mol. The number of hydrogen-bond donors (Lipinski definition) is 2. The number of rotatable bonds is 2. The smallest absolute Gasteiger partial charge is 0.278 e. The molecule has 6 nitrogen and oxygen atoms in total. The highest BCUT2D eigenvalue weighted by Gasteiger charge is 2.27. The molecule has 6 heteroatoms. The van der Waals surface area contributed by atoms with Crippen molar-refractivity contribution in [3.63, 3.8) is 0 Å². The monoisotopic (exact) mass is 272 g/mol. The minimum atomic E-state index is -0.414. The number of benzene rings is 1. The molecule has 1 aliphatic heterocycles. The van der Waals surface area contributed by atoms with Crippen molar-refractivity contribution in [1.82, 2.24) is 15.5 Å². The summed E-state index contributed by atoms with van der Waals surface area (Å²) in [5.74, 6) is 0.760. The molecule has 0 atom stereocenters. The number of aromatic nitrogens is 2. The van der Waals surface area contributed by atoms with Crippen molar-refractivity contribution < 1.29 is 9.59 Å². The zero-order valence-electron chi connectivity index (χ0n) is 11.4. The average Bonchev–Trinajstić information content (AvgIpc) is 2.81. The van der Waals surface area contributed by atoms with Crippen molar-refractivity contribution in [2.75, 3.05) is 11.4 Å². The largest absolute Gasteiger partial charge is 0.329 e. The van der Waals surface area contributed by atoms with Crippen LogP contribution in [0, 0.1) is 0 Å². The summed E-state index contributed by atoms with van der Waals surface area (Å²) in [7, 11) is 0. The Bertz CT molecular complexity index is 690. The normalized spacial score (nSPS) is 16.1. The molecule has 1 aliphatic rings. The first-order chi connectivity index (χ1) is 9.56. The van der Waals surface area contributed by atoms with Gasteiger partial charge in [-0.15, -0.1) is 0 Å². The maximum atomic E-state index is 11.9. The van der Waals surface area contributed by atoms with Gasteiger partial charge in [0.15, 0.2) is 5.82 Å². The SMILES string of the molecule is CC(C)c1ccc2c(N3CCC(=O)NC3=O)n[nH]c2c1. The van der Waals surface area contributed by atoms with Crippen molar-refractivity contribution in [1.29, 1.82) is 0 Å². The minimum absolute atomic E-state index is 0.242. The van der Waals surface area contributed by atoms with Gasteiger partial charge in [-0.25, -0.2) is 4.79 Å². The molecule has 1 fully saturated rings. The van der Waals surface area contributed by atoms with Gasteiger partial charge in [0.05, 0.1) is 5.52 Å². The summed E-state index contributed by atoms with van der Waals surface area (Å²) in [4.78, 5) is 24.5. The summed E-state index contributed by atoms with van der Waals surface area (Å²) in [6.45, 7) is 4.61. The van der Waals surface area contributed by atoms with E-state index in [2.05, 4.69) is 29.4 Å². The van der Waals surface area contributed by atoms with E-state index in [1.165, 1.54) is 10.5 Å². The fourth-order valence-corrected chi connectivity index (χ4v) is 2.35. The number of amides is 3. The highest BCUT2D eigenvalue weighted by Crippen LogP contribution is 2.28. The molecule has 1 aromatic heterocycles. The van der Waals surface area contributed by atoms with Gasteiger partial charge in [0, 0.05) is 18.4 Å². The number of H-pyrrole nitrogens is 1. The first-order valence-corrected chi connectivity index (χ1v) is 6.65. The second kappa shape index (κ2) is 4.63. The topological polar surface area (TPSA) is 78.1 Å². The summed E-state index contributed by atoms with van der Waals surface area (Å²) in [5, 5.41) is 10.4. The Morgan fingerprint density at radius 1 is 1.30 bits per heavy atom. The van der Waals surface area contributed by atoms with E-state index < -0.39 is 6.03 Å². The Morgan fingerprint density at radius 2 is 2.10 bits per heavy atom. The molecule has 3 rings (SSSR count). The molecular weight excluding hydrogens is 256 g/mol. The van der Waals surface area contributed by atoms with Crippen molar-refractivity contribution in [2.45, 2.75) is 26.2 Å². The second-order valence-electron chi connectivity index (χ2n) is 5.26. The second-order valence-corrected chi connectivity index (χ2v) is 5.26. The number of carbonyl (C=O) groups is 2. The lowest BCUT2D eigenvalue weighted by molar-refractivity contribution is -0.120. The summed E-state index contributed by atoms with van der Waals surface area (Å²) in [6.07, 6.45) is 0.296. The first kappa shape index (κ1) is 12.7. The van der Waals surface area contributed by atoms with Gasteiger partial charge in [0.1, 0.15) is 0 Å². The minimum Gasteiger partial charge on any atom is -0.278 e. The van der Waals surface area contributed by atoms with Gasteiger partial charge in [-0.3, -0.25) is 20.1 Å². The van der Waals surface area contributed by atoms with Crippen LogP contribution in [-0.4, -0.2) is 28.7 Å². The maximum Gasteiger partial charge on any atom is 0.329 e.